The third-order valence-electron chi connectivity index (χ3n) is 3.85. The fraction of sp³-hybridized carbons (Fsp3) is 0.389. The second kappa shape index (κ2) is 9.48. The number of alkyl halides is 3. The monoisotopic (exact) mass is 430 g/mol. The second-order valence-electron chi connectivity index (χ2n) is 6.45. The zero-order valence-electron chi connectivity index (χ0n) is 16.4. The Hall–Kier alpha value is -3.28. The minimum atomic E-state index is -4.86. The van der Waals surface area contributed by atoms with Crippen LogP contribution in [-0.4, -0.2) is 65.4 Å². The number of aliphatic hydroxyl groups is 1. The number of hydrogen-bond donors (Lipinski definition) is 2. The minimum absolute atomic E-state index is 0.0309. The van der Waals surface area contributed by atoms with Gasteiger partial charge in [0, 0.05) is 26.7 Å². The molecule has 2 amide bonds. The van der Waals surface area contributed by atoms with Crippen LogP contribution in [0.3, 0.4) is 0 Å². The van der Waals surface area contributed by atoms with Crippen LogP contribution in [0, 0.1) is 0 Å². The Kier molecular flexibility index (Phi) is 7.27. The lowest BCUT2D eigenvalue weighted by Crippen LogP contribution is -2.31. The summed E-state index contributed by atoms with van der Waals surface area (Å²) in [7, 11) is 2.88. The van der Waals surface area contributed by atoms with Crippen molar-refractivity contribution >= 4 is 18.1 Å². The van der Waals surface area contributed by atoms with Crippen LogP contribution in [0.5, 0.6) is 17.5 Å². The minimum Gasteiger partial charge on any atom is -0.425 e. The average molecular weight is 430 g/mol. The summed E-state index contributed by atoms with van der Waals surface area (Å²) >= 11 is 0. The first kappa shape index (κ1) is 23.0. The van der Waals surface area contributed by atoms with Gasteiger partial charge in [0.05, 0.1) is 6.10 Å². The third-order valence-corrected chi connectivity index (χ3v) is 3.85. The van der Waals surface area contributed by atoms with Crippen molar-refractivity contribution in [3.05, 3.63) is 30.0 Å². The molecule has 0 saturated heterocycles. The number of carbonyl (C=O) groups excluding carboxylic acids is 2. The quantitative estimate of drug-likeness (QED) is 0.592. The van der Waals surface area contributed by atoms with Crippen molar-refractivity contribution in [2.45, 2.75) is 25.8 Å². The molecule has 0 saturated carbocycles. The van der Waals surface area contributed by atoms with Gasteiger partial charge in [-0.25, -0.2) is 0 Å². The van der Waals surface area contributed by atoms with Gasteiger partial charge in [-0.3, -0.25) is 9.59 Å². The number of nitrogens with one attached hydrogen (secondary N) is 1. The van der Waals surface area contributed by atoms with Crippen molar-refractivity contribution < 1.29 is 37.3 Å². The molecular formula is C18H21F3N4O5. The lowest BCUT2D eigenvalue weighted by Gasteiger charge is -2.18. The number of carbonyl (C=O) groups is 2. The molecule has 0 aliphatic rings. The van der Waals surface area contributed by atoms with Crippen LogP contribution in [0.15, 0.2) is 24.3 Å². The van der Waals surface area contributed by atoms with Gasteiger partial charge in [0.2, 0.25) is 6.41 Å². The molecule has 0 bridgehead atoms. The predicted molar refractivity (Wildman–Crippen MR) is 99.5 cm³/mol. The molecule has 2 N–H and O–H groups in total. The Bertz CT molecular complexity index is 885. The fourth-order valence-electron chi connectivity index (χ4n) is 2.36. The molecule has 12 heteroatoms. The van der Waals surface area contributed by atoms with E-state index in [4.69, 9.17) is 4.74 Å². The number of anilines is 1. The molecule has 1 unspecified atom stereocenters. The van der Waals surface area contributed by atoms with Gasteiger partial charge < -0.3 is 29.4 Å². The van der Waals surface area contributed by atoms with Crippen molar-refractivity contribution in [3.63, 3.8) is 0 Å². The summed E-state index contributed by atoms with van der Waals surface area (Å²) in [6, 6.07) is 4.53. The summed E-state index contributed by atoms with van der Waals surface area (Å²) < 4.78 is 46.4. The summed E-state index contributed by atoms with van der Waals surface area (Å²) in [5.74, 6) is -1.08. The molecule has 1 aromatic carbocycles. The Labute approximate surface area is 170 Å². The number of halogens is 3. The molecular weight excluding hydrogens is 409 g/mol. The number of ether oxygens (including phenoxy) is 2. The molecule has 1 aromatic heterocycles. The van der Waals surface area contributed by atoms with E-state index in [0.29, 0.717) is 12.8 Å². The van der Waals surface area contributed by atoms with Crippen molar-refractivity contribution in [1.82, 2.24) is 14.9 Å². The molecule has 0 radical (unpaired) electrons. The van der Waals surface area contributed by atoms with E-state index in [1.54, 1.807) is 6.92 Å². The van der Waals surface area contributed by atoms with Crippen molar-refractivity contribution in [3.8, 4) is 17.5 Å². The van der Waals surface area contributed by atoms with E-state index < -0.39 is 24.1 Å². The van der Waals surface area contributed by atoms with Crippen LogP contribution >= 0.6 is 0 Å². The van der Waals surface area contributed by atoms with Crippen LogP contribution in [0.25, 0.3) is 0 Å². The van der Waals surface area contributed by atoms with Gasteiger partial charge >= 0.3 is 12.4 Å². The Balaban J connectivity index is 2.27. The van der Waals surface area contributed by atoms with Gasteiger partial charge in [-0.1, -0.05) is 6.07 Å². The smallest absolute Gasteiger partial charge is 0.425 e. The van der Waals surface area contributed by atoms with E-state index in [9.17, 15) is 27.9 Å². The van der Waals surface area contributed by atoms with Crippen LogP contribution in [0.4, 0.5) is 19.0 Å². The third kappa shape index (κ3) is 6.37. The lowest BCUT2D eigenvalue weighted by atomic mass is 10.2. The van der Waals surface area contributed by atoms with Gasteiger partial charge in [0.1, 0.15) is 11.5 Å². The van der Waals surface area contributed by atoms with Gasteiger partial charge in [-0.2, -0.15) is 4.98 Å². The highest BCUT2D eigenvalue weighted by atomic mass is 19.4. The number of aliphatic hydroxyl groups excluding tert-OH is 1. The van der Waals surface area contributed by atoms with Crippen LogP contribution in [0.1, 0.15) is 23.8 Å². The molecule has 1 heterocycles. The van der Waals surface area contributed by atoms with Gasteiger partial charge in [-0.15, -0.1) is 13.2 Å². The molecule has 164 valence electrons. The van der Waals surface area contributed by atoms with Gasteiger partial charge in [0.15, 0.2) is 11.5 Å². The first-order chi connectivity index (χ1) is 14.0. The van der Waals surface area contributed by atoms with E-state index in [-0.39, 0.29) is 29.8 Å². The topological polar surface area (TPSA) is 108 Å². The number of benzene rings is 1. The van der Waals surface area contributed by atoms with E-state index in [1.165, 1.54) is 31.1 Å². The van der Waals surface area contributed by atoms with Gasteiger partial charge in [-0.05, 0) is 25.5 Å². The largest absolute Gasteiger partial charge is 0.573 e. The molecule has 9 nitrogen and oxygen atoms in total. The summed E-state index contributed by atoms with van der Waals surface area (Å²) in [6.45, 7) is 1.83. The number of imidazole rings is 1. The molecule has 2 aromatic rings. The number of amides is 2. The maximum absolute atomic E-state index is 12.7. The first-order valence-electron chi connectivity index (χ1n) is 8.75. The van der Waals surface area contributed by atoms with E-state index >= 15 is 0 Å². The molecule has 0 aliphatic heterocycles. The predicted octanol–water partition coefficient (Wildman–Crippen LogP) is 2.54. The van der Waals surface area contributed by atoms with Crippen molar-refractivity contribution in [1.29, 1.82) is 0 Å². The SMILES string of the molecule is CC(O)CCN(C)C(=O)c1[nH]c(Oc2cccc(OC(F)(F)F)c2)nc1N(C)C=O. The summed E-state index contributed by atoms with van der Waals surface area (Å²) in [4.78, 5) is 32.9. The molecule has 0 spiro atoms. The maximum atomic E-state index is 12.7. The lowest BCUT2D eigenvalue weighted by molar-refractivity contribution is -0.274. The Morgan fingerprint density at radius 2 is 2.00 bits per heavy atom. The fourth-order valence-corrected chi connectivity index (χ4v) is 2.36. The molecule has 2 rings (SSSR count). The number of hydrogen-bond acceptors (Lipinski definition) is 6. The number of rotatable bonds is 9. The second-order valence-corrected chi connectivity index (χ2v) is 6.45. The van der Waals surface area contributed by atoms with Crippen molar-refractivity contribution in [2.24, 2.45) is 0 Å². The Morgan fingerprint density at radius 1 is 1.33 bits per heavy atom. The number of aromatic amines is 1. The van der Waals surface area contributed by atoms with E-state index in [0.717, 1.165) is 17.0 Å². The number of H-pyrrole nitrogens is 1. The summed E-state index contributed by atoms with van der Waals surface area (Å²) in [6.07, 6.45) is -4.70. The number of nitrogens with zero attached hydrogens (tertiary/aromatic N) is 3. The highest BCUT2D eigenvalue weighted by Crippen LogP contribution is 2.29. The zero-order chi connectivity index (χ0) is 22.5. The maximum Gasteiger partial charge on any atom is 0.573 e. The van der Waals surface area contributed by atoms with Crippen molar-refractivity contribution in [2.75, 3.05) is 25.5 Å². The highest BCUT2D eigenvalue weighted by Gasteiger charge is 2.31. The highest BCUT2D eigenvalue weighted by molar-refractivity contribution is 5.99. The van der Waals surface area contributed by atoms with Crippen LogP contribution in [0.2, 0.25) is 0 Å². The van der Waals surface area contributed by atoms with Gasteiger partial charge in [0.25, 0.3) is 5.91 Å². The first-order valence-corrected chi connectivity index (χ1v) is 8.75. The average Bonchev–Trinajstić information content (AvgIpc) is 3.07. The summed E-state index contributed by atoms with van der Waals surface area (Å²) in [5, 5.41) is 9.38. The van der Waals surface area contributed by atoms with Crippen LogP contribution in [-0.2, 0) is 4.79 Å². The standard InChI is InChI=1S/C18H21F3N4O5/c1-11(27)7-8-24(2)16(28)14-15(25(3)10-26)23-17(22-14)29-12-5-4-6-13(9-12)30-18(19,20)21/h4-6,9-11,27H,7-8H2,1-3H3,(H,22,23). The summed E-state index contributed by atoms with van der Waals surface area (Å²) in [5.41, 5.74) is -0.0598. The van der Waals surface area contributed by atoms with E-state index in [1.807, 2.05) is 0 Å². The molecule has 30 heavy (non-hydrogen) atoms. The van der Waals surface area contributed by atoms with Crippen LogP contribution < -0.4 is 14.4 Å². The molecule has 1 atom stereocenters. The Morgan fingerprint density at radius 3 is 2.60 bits per heavy atom. The van der Waals surface area contributed by atoms with E-state index in [2.05, 4.69) is 14.7 Å². The normalized spacial score (nSPS) is 12.2. The molecule has 0 aliphatic carbocycles. The zero-order valence-corrected chi connectivity index (χ0v) is 16.4. The number of aromatic nitrogens is 2. The molecule has 0 fully saturated rings.